The van der Waals surface area contributed by atoms with Crippen molar-refractivity contribution >= 4 is 28.8 Å². The Morgan fingerprint density at radius 2 is 1.73 bits per heavy atom. The van der Waals surface area contributed by atoms with Gasteiger partial charge in [0.25, 0.3) is 5.56 Å². The highest BCUT2D eigenvalue weighted by Gasteiger charge is 2.22. The molecule has 0 spiro atoms. The maximum atomic E-state index is 12.9. The summed E-state index contributed by atoms with van der Waals surface area (Å²) in [5, 5.41) is 0.566. The Bertz CT molecular complexity index is 1220. The van der Waals surface area contributed by atoms with E-state index in [1.54, 1.807) is 7.05 Å². The first-order valence-electron chi connectivity index (χ1n) is 9.99. The number of likely N-dealkylation sites (tertiary alicyclic amines) is 1. The van der Waals surface area contributed by atoms with Crippen molar-refractivity contribution in [2.75, 3.05) is 18.8 Å². The van der Waals surface area contributed by atoms with Gasteiger partial charge in [0, 0.05) is 27.2 Å². The molecule has 0 radical (unpaired) electrons. The van der Waals surface area contributed by atoms with Crippen LogP contribution < -0.4 is 11.2 Å². The van der Waals surface area contributed by atoms with Gasteiger partial charge in [-0.15, -0.1) is 0 Å². The number of carbonyl (C=O) groups excluding carboxylic acids is 1. The maximum absolute atomic E-state index is 12.9. The van der Waals surface area contributed by atoms with Crippen molar-refractivity contribution in [2.45, 2.75) is 31.5 Å². The van der Waals surface area contributed by atoms with Gasteiger partial charge >= 0.3 is 5.69 Å². The van der Waals surface area contributed by atoms with Crippen LogP contribution in [0.1, 0.15) is 24.0 Å². The van der Waals surface area contributed by atoms with Crippen molar-refractivity contribution in [3.05, 3.63) is 56.2 Å². The van der Waals surface area contributed by atoms with Gasteiger partial charge in [0.05, 0.1) is 12.3 Å². The summed E-state index contributed by atoms with van der Waals surface area (Å²) in [4.78, 5) is 44.3. The quantitative estimate of drug-likeness (QED) is 0.577. The van der Waals surface area contributed by atoms with Crippen molar-refractivity contribution in [1.82, 2.24) is 23.6 Å². The molecule has 0 aliphatic carbocycles. The minimum atomic E-state index is -0.419. The molecule has 0 unspecified atom stereocenters. The maximum Gasteiger partial charge on any atom is 0.332 e. The topological polar surface area (TPSA) is 82.1 Å². The molecule has 30 heavy (non-hydrogen) atoms. The van der Waals surface area contributed by atoms with E-state index in [1.807, 2.05) is 40.7 Å². The van der Waals surface area contributed by atoms with Gasteiger partial charge < -0.3 is 9.47 Å². The van der Waals surface area contributed by atoms with Crippen molar-refractivity contribution in [3.8, 4) is 0 Å². The average Bonchev–Trinajstić information content (AvgIpc) is 3.39. The predicted octanol–water partition coefficient (Wildman–Crippen LogP) is 1.50. The van der Waals surface area contributed by atoms with Crippen LogP contribution in [-0.2, 0) is 25.4 Å². The predicted molar refractivity (Wildman–Crippen MR) is 117 cm³/mol. The summed E-state index contributed by atoms with van der Waals surface area (Å²) in [7, 11) is 3.08. The second-order valence-corrected chi connectivity index (χ2v) is 8.66. The number of imidazole rings is 1. The normalized spacial score (nSPS) is 14.0. The Balaban J connectivity index is 1.77. The highest BCUT2D eigenvalue weighted by Crippen LogP contribution is 2.24. The third-order valence-corrected chi connectivity index (χ3v) is 6.52. The molecule has 1 fully saturated rings. The number of thioether (sulfide) groups is 1. The number of carbonyl (C=O) groups is 1. The molecule has 158 valence electrons. The highest BCUT2D eigenvalue weighted by molar-refractivity contribution is 7.99. The molecule has 1 aliphatic heterocycles. The molecule has 1 aromatic carbocycles. The first-order chi connectivity index (χ1) is 14.4. The minimum absolute atomic E-state index is 0.0771. The molecule has 4 rings (SSSR count). The van der Waals surface area contributed by atoms with Gasteiger partial charge in [-0.1, -0.05) is 41.6 Å². The number of nitrogens with zero attached hydrogens (tertiary/aromatic N) is 5. The van der Waals surface area contributed by atoms with E-state index in [1.165, 1.54) is 23.4 Å². The van der Waals surface area contributed by atoms with Gasteiger partial charge in [0.2, 0.25) is 5.91 Å². The third-order valence-electron chi connectivity index (χ3n) is 5.56. The summed E-state index contributed by atoms with van der Waals surface area (Å²) in [6, 6.07) is 8.06. The minimum Gasteiger partial charge on any atom is -0.342 e. The van der Waals surface area contributed by atoms with Crippen molar-refractivity contribution in [2.24, 2.45) is 14.1 Å². The fourth-order valence-corrected chi connectivity index (χ4v) is 4.64. The molecule has 0 saturated carbocycles. The number of benzene rings is 1. The molecule has 0 bridgehead atoms. The molecule has 1 amide bonds. The molecule has 8 nitrogen and oxygen atoms in total. The van der Waals surface area contributed by atoms with Crippen LogP contribution in [0.5, 0.6) is 0 Å². The van der Waals surface area contributed by atoms with Crippen molar-refractivity contribution in [1.29, 1.82) is 0 Å². The van der Waals surface area contributed by atoms with Crippen LogP contribution in [0.3, 0.4) is 0 Å². The lowest BCUT2D eigenvalue weighted by atomic mass is 10.1. The second-order valence-electron chi connectivity index (χ2n) is 7.72. The molecule has 0 atom stereocenters. The molecule has 1 aliphatic rings. The number of amides is 1. The Morgan fingerprint density at radius 1 is 1.07 bits per heavy atom. The van der Waals surface area contributed by atoms with Gasteiger partial charge in [-0.05, 0) is 25.3 Å². The van der Waals surface area contributed by atoms with E-state index in [9.17, 15) is 14.4 Å². The zero-order valence-electron chi connectivity index (χ0n) is 17.4. The number of hydrogen-bond donors (Lipinski definition) is 0. The Morgan fingerprint density at radius 3 is 2.40 bits per heavy atom. The number of hydrogen-bond acceptors (Lipinski definition) is 5. The summed E-state index contributed by atoms with van der Waals surface area (Å²) in [5.74, 6) is 0.333. The summed E-state index contributed by atoms with van der Waals surface area (Å²) >= 11 is 1.32. The van der Waals surface area contributed by atoms with E-state index < -0.39 is 5.69 Å². The first kappa shape index (κ1) is 20.5. The monoisotopic (exact) mass is 427 g/mol. The van der Waals surface area contributed by atoms with Crippen LogP contribution >= 0.6 is 11.8 Å². The van der Waals surface area contributed by atoms with Gasteiger partial charge in [-0.2, -0.15) is 0 Å². The zero-order valence-corrected chi connectivity index (χ0v) is 18.2. The number of rotatable bonds is 5. The fraction of sp³-hybridized carbons (Fsp3) is 0.429. The van der Waals surface area contributed by atoms with E-state index in [0.717, 1.165) is 41.6 Å². The van der Waals surface area contributed by atoms with E-state index in [2.05, 4.69) is 4.98 Å². The van der Waals surface area contributed by atoms with Crippen LogP contribution in [0.4, 0.5) is 0 Å². The number of aryl methyl sites for hydroxylation is 2. The molecule has 3 aromatic rings. The molecular formula is C21H25N5O3S. The third kappa shape index (κ3) is 3.69. The van der Waals surface area contributed by atoms with E-state index in [0.29, 0.717) is 22.9 Å². The second kappa shape index (κ2) is 8.14. The molecule has 0 N–H and O–H groups in total. The molecule has 1 saturated heterocycles. The zero-order chi connectivity index (χ0) is 21.4. The average molecular weight is 428 g/mol. The standard InChI is InChI=1S/C21H25N5O3S/c1-14-6-8-15(9-7-14)12-26-17-18(23(2)21(29)24(3)19(17)28)22-20(26)30-13-16(27)25-10-4-5-11-25/h6-9H,4-5,10-13H2,1-3H3. The smallest absolute Gasteiger partial charge is 0.332 e. The summed E-state index contributed by atoms with van der Waals surface area (Å²) in [5.41, 5.74) is 2.08. The van der Waals surface area contributed by atoms with Crippen LogP contribution in [0.15, 0.2) is 39.0 Å². The molecular weight excluding hydrogens is 402 g/mol. The highest BCUT2D eigenvalue weighted by atomic mass is 32.2. The summed E-state index contributed by atoms with van der Waals surface area (Å²) in [6.07, 6.45) is 2.08. The molecule has 2 aromatic heterocycles. The lowest BCUT2D eigenvalue weighted by Crippen LogP contribution is -2.37. The van der Waals surface area contributed by atoms with Crippen LogP contribution in [0.2, 0.25) is 0 Å². The van der Waals surface area contributed by atoms with Crippen molar-refractivity contribution < 1.29 is 4.79 Å². The number of aromatic nitrogens is 4. The van der Waals surface area contributed by atoms with E-state index in [-0.39, 0.29) is 17.2 Å². The molecule has 3 heterocycles. The van der Waals surface area contributed by atoms with E-state index in [4.69, 9.17) is 0 Å². The van der Waals surface area contributed by atoms with Gasteiger partial charge in [0.1, 0.15) is 0 Å². The molecule has 9 heteroatoms. The largest absolute Gasteiger partial charge is 0.342 e. The SMILES string of the molecule is Cc1ccc(Cn2c(SCC(=O)N3CCCC3)nc3c2c(=O)n(C)c(=O)n3C)cc1. The number of fused-ring (bicyclic) bond motifs is 1. The van der Waals surface area contributed by atoms with Gasteiger partial charge in [-0.25, -0.2) is 9.78 Å². The summed E-state index contributed by atoms with van der Waals surface area (Å²) < 4.78 is 4.30. The Labute approximate surface area is 178 Å². The lowest BCUT2D eigenvalue weighted by molar-refractivity contribution is -0.127. The summed E-state index contributed by atoms with van der Waals surface area (Å²) in [6.45, 7) is 4.06. The van der Waals surface area contributed by atoms with Gasteiger partial charge in [0.15, 0.2) is 16.3 Å². The van der Waals surface area contributed by atoms with Gasteiger partial charge in [-0.3, -0.25) is 18.7 Å². The Kier molecular flexibility index (Phi) is 5.55. The van der Waals surface area contributed by atoms with E-state index >= 15 is 0 Å². The van der Waals surface area contributed by atoms with Crippen molar-refractivity contribution in [3.63, 3.8) is 0 Å². The Hall–Kier alpha value is -2.81. The fourth-order valence-electron chi connectivity index (χ4n) is 3.74. The van der Waals surface area contributed by atoms with Crippen LogP contribution in [-0.4, -0.2) is 48.3 Å². The first-order valence-corrected chi connectivity index (χ1v) is 11.0. The van der Waals surface area contributed by atoms with Crippen LogP contribution in [0, 0.1) is 6.92 Å². The van der Waals surface area contributed by atoms with Crippen LogP contribution in [0.25, 0.3) is 11.2 Å². The lowest BCUT2D eigenvalue weighted by Gasteiger charge is -2.15.